The summed E-state index contributed by atoms with van der Waals surface area (Å²) in [7, 11) is -3.95. The van der Waals surface area contributed by atoms with E-state index < -0.39 is 10.1 Å². The normalized spacial score (nSPS) is 11.3. The summed E-state index contributed by atoms with van der Waals surface area (Å²) in [6.45, 7) is 0.219. The van der Waals surface area contributed by atoms with Gasteiger partial charge in [-0.3, -0.25) is 4.55 Å². The fourth-order valence-electron chi connectivity index (χ4n) is 3.26. The van der Waals surface area contributed by atoms with Crippen LogP contribution in [0.25, 0.3) is 32.9 Å². The number of rotatable bonds is 6. The first-order chi connectivity index (χ1) is 13.5. The van der Waals surface area contributed by atoms with Crippen LogP contribution in [0.4, 0.5) is 0 Å². The molecule has 0 bridgehead atoms. The number of hydrogen-bond donors (Lipinski definition) is 1. The van der Waals surface area contributed by atoms with Gasteiger partial charge in [-0.1, -0.05) is 42.5 Å². The van der Waals surface area contributed by atoms with Gasteiger partial charge in [0, 0.05) is 85.2 Å². The van der Waals surface area contributed by atoms with E-state index in [1.165, 1.54) is 0 Å². The Morgan fingerprint density at radius 1 is 0.828 bits per heavy atom. The van der Waals surface area contributed by atoms with Crippen molar-refractivity contribution in [1.82, 2.24) is 4.98 Å². The van der Waals surface area contributed by atoms with Gasteiger partial charge in [0.2, 0.25) is 0 Å². The molecule has 29 heavy (non-hydrogen) atoms. The van der Waals surface area contributed by atoms with Gasteiger partial charge in [-0.15, -0.1) is 0 Å². The maximum Gasteiger partial charge on any atom is 0.264 e. The Hall–Kier alpha value is -0.908. The molecule has 5 nitrogen and oxygen atoms in total. The van der Waals surface area contributed by atoms with Crippen LogP contribution in [0, 0.1) is 0 Å². The SMILES string of the molecule is O=S(=O)(O)CCCOc1ccc(-c2nc3ccccc3c3ccccc23)cc1.[Cs]. The molecule has 1 heterocycles. The first-order valence-corrected chi connectivity index (χ1v) is 10.6. The molecule has 0 spiro atoms. The molecule has 7 heteroatoms. The van der Waals surface area contributed by atoms with E-state index in [-0.39, 0.29) is 87.7 Å². The molecule has 1 N–H and O–H groups in total. The largest absolute Gasteiger partial charge is 0.494 e. The molecule has 4 rings (SSSR count). The molecule has 0 aliphatic carbocycles. The minimum atomic E-state index is -3.95. The van der Waals surface area contributed by atoms with Gasteiger partial charge >= 0.3 is 0 Å². The second-order valence-electron chi connectivity index (χ2n) is 6.54. The van der Waals surface area contributed by atoms with Crippen molar-refractivity contribution < 1.29 is 17.7 Å². The van der Waals surface area contributed by atoms with E-state index >= 15 is 0 Å². The molecule has 0 saturated carbocycles. The van der Waals surface area contributed by atoms with Crippen LogP contribution in [0.2, 0.25) is 0 Å². The van der Waals surface area contributed by atoms with E-state index in [0.29, 0.717) is 5.75 Å². The molecule has 0 unspecified atom stereocenters. The van der Waals surface area contributed by atoms with Crippen molar-refractivity contribution in [2.75, 3.05) is 12.4 Å². The molecule has 1 radical (unpaired) electrons. The Labute approximate surface area is 228 Å². The van der Waals surface area contributed by atoms with Gasteiger partial charge in [0.1, 0.15) is 5.75 Å². The third-order valence-corrected chi connectivity index (χ3v) is 5.36. The summed E-state index contributed by atoms with van der Waals surface area (Å²) < 4.78 is 35.8. The van der Waals surface area contributed by atoms with Gasteiger partial charge in [0.25, 0.3) is 10.1 Å². The zero-order valence-corrected chi connectivity index (χ0v) is 23.2. The molecule has 3 aromatic carbocycles. The molecule has 0 fully saturated rings. The van der Waals surface area contributed by atoms with Gasteiger partial charge in [-0.2, -0.15) is 8.42 Å². The van der Waals surface area contributed by atoms with Crippen molar-refractivity contribution >= 4 is 101 Å². The summed E-state index contributed by atoms with van der Waals surface area (Å²) in [4.78, 5) is 4.87. The summed E-state index contributed by atoms with van der Waals surface area (Å²) in [6.07, 6.45) is 0.234. The van der Waals surface area contributed by atoms with E-state index in [2.05, 4.69) is 18.2 Å². The smallest absolute Gasteiger partial charge is 0.264 e. The fourth-order valence-corrected chi connectivity index (χ4v) is 3.75. The minimum Gasteiger partial charge on any atom is -0.494 e. The summed E-state index contributed by atoms with van der Waals surface area (Å²) >= 11 is 0. The summed E-state index contributed by atoms with van der Waals surface area (Å²) in [5, 5.41) is 3.37. The molecule has 143 valence electrons. The van der Waals surface area contributed by atoms with Crippen LogP contribution >= 0.6 is 0 Å². The number of nitrogens with zero attached hydrogens (tertiary/aromatic N) is 1. The van der Waals surface area contributed by atoms with Crippen LogP contribution in [0.5, 0.6) is 5.75 Å². The standard InChI is InChI=1S/C22H19NO4S.Cs/c24-28(25,26)15-5-14-27-17-12-10-16(11-13-17)22-20-8-2-1-6-18(20)19-7-3-4-9-21(19)23-22;/h1-4,6-13H,5,14-15H2,(H,24,25,26);. The summed E-state index contributed by atoms with van der Waals surface area (Å²) in [5.74, 6) is 0.335. The minimum absolute atomic E-state index is 0. The van der Waals surface area contributed by atoms with Crippen molar-refractivity contribution in [2.45, 2.75) is 6.42 Å². The second kappa shape index (κ2) is 9.93. The molecular weight excluding hydrogens is 507 g/mol. The third kappa shape index (κ3) is 5.62. The zero-order chi connectivity index (χ0) is 19.6. The van der Waals surface area contributed by atoms with Gasteiger partial charge in [-0.25, -0.2) is 4.98 Å². The molecule has 0 atom stereocenters. The maximum atomic E-state index is 10.7. The summed E-state index contributed by atoms with van der Waals surface area (Å²) in [6, 6.07) is 23.9. The molecule has 0 saturated heterocycles. The van der Waals surface area contributed by atoms with Gasteiger partial charge in [-0.05, 0) is 42.1 Å². The van der Waals surface area contributed by atoms with Crippen LogP contribution in [-0.2, 0) is 10.1 Å². The second-order valence-corrected chi connectivity index (χ2v) is 8.11. The van der Waals surface area contributed by atoms with E-state index in [1.807, 2.05) is 54.6 Å². The van der Waals surface area contributed by atoms with Crippen LogP contribution in [0.15, 0.2) is 72.8 Å². The van der Waals surface area contributed by atoms with Gasteiger partial charge in [0.05, 0.1) is 23.6 Å². The van der Waals surface area contributed by atoms with Crippen LogP contribution < -0.4 is 4.74 Å². The molecular formula is C22H19CsNO4S. The van der Waals surface area contributed by atoms with Crippen LogP contribution in [0.1, 0.15) is 6.42 Å². The number of para-hydroxylation sites is 1. The molecule has 4 aromatic rings. The quantitative estimate of drug-likeness (QED) is 0.230. The predicted molar refractivity (Wildman–Crippen MR) is 117 cm³/mol. The van der Waals surface area contributed by atoms with Crippen molar-refractivity contribution in [3.8, 4) is 17.0 Å². The Balaban J connectivity index is 0.00000240. The number of aromatic nitrogens is 1. The van der Waals surface area contributed by atoms with E-state index in [9.17, 15) is 8.42 Å². The Morgan fingerprint density at radius 2 is 1.45 bits per heavy atom. The number of hydrogen-bond acceptors (Lipinski definition) is 4. The Morgan fingerprint density at radius 3 is 2.14 bits per heavy atom. The number of ether oxygens (including phenoxy) is 1. The average molecular weight is 526 g/mol. The first-order valence-electron chi connectivity index (χ1n) is 8.97. The zero-order valence-electron chi connectivity index (χ0n) is 16.1. The van der Waals surface area contributed by atoms with E-state index in [4.69, 9.17) is 14.3 Å². The number of benzene rings is 3. The van der Waals surface area contributed by atoms with E-state index in [1.54, 1.807) is 0 Å². The predicted octanol–water partition coefficient (Wildman–Crippen LogP) is 4.33. The average Bonchev–Trinajstić information content (AvgIpc) is 2.70. The Kier molecular flexibility index (Phi) is 7.80. The molecule has 0 aliphatic heterocycles. The number of fused-ring (bicyclic) bond motifs is 3. The van der Waals surface area contributed by atoms with Crippen molar-refractivity contribution in [1.29, 1.82) is 0 Å². The first kappa shape index (κ1) is 22.8. The van der Waals surface area contributed by atoms with Crippen LogP contribution in [-0.4, -0.2) is 99.2 Å². The van der Waals surface area contributed by atoms with Crippen molar-refractivity contribution in [2.24, 2.45) is 0 Å². The van der Waals surface area contributed by atoms with Gasteiger partial charge in [0.15, 0.2) is 0 Å². The third-order valence-electron chi connectivity index (χ3n) is 4.55. The Bertz CT molecular complexity index is 1240. The monoisotopic (exact) mass is 526 g/mol. The molecule has 0 aliphatic rings. The van der Waals surface area contributed by atoms with Crippen LogP contribution in [0.3, 0.4) is 0 Å². The summed E-state index contributed by atoms with van der Waals surface area (Å²) in [5.41, 5.74) is 2.83. The van der Waals surface area contributed by atoms with E-state index in [0.717, 1.165) is 32.9 Å². The molecule has 0 amide bonds. The van der Waals surface area contributed by atoms with Crippen molar-refractivity contribution in [3.05, 3.63) is 72.8 Å². The number of pyridine rings is 1. The van der Waals surface area contributed by atoms with Gasteiger partial charge < -0.3 is 4.74 Å². The topological polar surface area (TPSA) is 76.5 Å². The molecule has 1 aromatic heterocycles. The fraction of sp³-hybridized carbons (Fsp3) is 0.136. The van der Waals surface area contributed by atoms with Crippen molar-refractivity contribution in [3.63, 3.8) is 0 Å². The maximum absolute atomic E-state index is 10.7.